The van der Waals surface area contributed by atoms with E-state index in [2.05, 4.69) is 5.32 Å². The van der Waals surface area contributed by atoms with Crippen LogP contribution in [0.1, 0.15) is 63.6 Å². The van der Waals surface area contributed by atoms with Gasteiger partial charge in [0.15, 0.2) is 0 Å². The molecule has 9 nitrogen and oxygen atoms in total. The Morgan fingerprint density at radius 3 is 2.31 bits per heavy atom. The molecule has 3 amide bonds. The van der Waals surface area contributed by atoms with E-state index < -0.39 is 0 Å². The summed E-state index contributed by atoms with van der Waals surface area (Å²) in [5.74, 6) is 1.94. The normalized spacial score (nSPS) is 24.5. The number of hydrogen-bond donors (Lipinski definition) is 1. The zero-order valence-corrected chi connectivity index (χ0v) is 22.1. The predicted molar refractivity (Wildman–Crippen MR) is 143 cm³/mol. The number of aromatic nitrogens is 1. The molecule has 1 saturated carbocycles. The number of pyridine rings is 1. The summed E-state index contributed by atoms with van der Waals surface area (Å²) in [7, 11) is 0. The van der Waals surface area contributed by atoms with E-state index in [1.165, 1.54) is 0 Å². The lowest BCUT2D eigenvalue weighted by Crippen LogP contribution is -2.35. The highest BCUT2D eigenvalue weighted by Crippen LogP contribution is 2.40. The molecule has 4 aliphatic heterocycles. The lowest BCUT2D eigenvalue weighted by molar-refractivity contribution is -0.115. The Kier molecular flexibility index (Phi) is 6.26. The SMILES string of the molecule is O=C1Cc2ccc(C(=O)N3C[C@H]4CN(C(=O)c5cc(OCC6CCOCC6)nc(C6CC6)c5)C[C@@H]4C3)cc2N1. The summed E-state index contributed by atoms with van der Waals surface area (Å²) in [6.07, 6.45) is 4.57. The molecule has 204 valence electrons. The average molecular weight is 531 g/mol. The first-order valence-electron chi connectivity index (χ1n) is 14.2. The van der Waals surface area contributed by atoms with E-state index in [1.807, 2.05) is 34.1 Å². The van der Waals surface area contributed by atoms with Crippen LogP contribution in [0.2, 0.25) is 0 Å². The molecular formula is C30H34N4O5. The summed E-state index contributed by atoms with van der Waals surface area (Å²) < 4.78 is 11.6. The predicted octanol–water partition coefficient (Wildman–Crippen LogP) is 3.10. The van der Waals surface area contributed by atoms with Crippen molar-refractivity contribution in [2.45, 2.75) is 38.0 Å². The number of likely N-dealkylation sites (tertiary alicyclic amines) is 2. The Bertz CT molecular complexity index is 1300. The van der Waals surface area contributed by atoms with Crippen LogP contribution in [0, 0.1) is 17.8 Å². The highest BCUT2D eigenvalue weighted by atomic mass is 16.5. The third-order valence-electron chi connectivity index (χ3n) is 8.91. The third-order valence-corrected chi connectivity index (χ3v) is 8.91. The minimum absolute atomic E-state index is 0.0132. The van der Waals surface area contributed by atoms with Crippen molar-refractivity contribution in [3.8, 4) is 5.88 Å². The monoisotopic (exact) mass is 530 g/mol. The summed E-state index contributed by atoms with van der Waals surface area (Å²) in [6.45, 7) is 4.73. The van der Waals surface area contributed by atoms with Crippen LogP contribution in [0.3, 0.4) is 0 Å². The number of rotatable bonds is 6. The summed E-state index contributed by atoms with van der Waals surface area (Å²) in [5.41, 5.74) is 3.89. The lowest BCUT2D eigenvalue weighted by atomic mass is 10.0. The number of benzene rings is 1. The number of ether oxygens (including phenoxy) is 2. The molecule has 3 saturated heterocycles. The first-order chi connectivity index (χ1) is 19.0. The molecule has 0 spiro atoms. The third kappa shape index (κ3) is 5.00. The van der Waals surface area contributed by atoms with Crippen molar-refractivity contribution in [3.05, 3.63) is 52.7 Å². The van der Waals surface area contributed by atoms with Crippen molar-refractivity contribution in [2.24, 2.45) is 17.8 Å². The fraction of sp³-hybridized carbons (Fsp3) is 0.533. The number of carbonyl (C=O) groups is 3. The van der Waals surface area contributed by atoms with E-state index in [-0.39, 0.29) is 29.6 Å². The molecule has 1 aliphatic carbocycles. The highest BCUT2D eigenvalue weighted by molar-refractivity contribution is 6.02. The molecule has 1 N–H and O–H groups in total. The number of fused-ring (bicyclic) bond motifs is 2. The standard InChI is InChI=1S/C30H34N4O5/c35-27-11-20-3-4-21(9-26(20)31-27)29(36)33-13-23-15-34(16-24(23)14-33)30(37)22-10-25(19-1-2-19)32-28(12-22)39-17-18-5-7-38-8-6-18/h3-4,9-10,12,18-19,23-24H,1-2,5-8,11,13-17H2,(H,31,35)/t23-,24-/m0/s1. The summed E-state index contributed by atoms with van der Waals surface area (Å²) in [6, 6.07) is 9.23. The van der Waals surface area contributed by atoms with Crippen LogP contribution in [0.15, 0.2) is 30.3 Å². The molecule has 39 heavy (non-hydrogen) atoms. The minimum atomic E-state index is -0.0356. The highest BCUT2D eigenvalue weighted by Gasteiger charge is 2.43. The van der Waals surface area contributed by atoms with Gasteiger partial charge in [-0.1, -0.05) is 6.07 Å². The Balaban J connectivity index is 0.997. The van der Waals surface area contributed by atoms with Crippen LogP contribution in [-0.2, 0) is 16.0 Å². The molecular weight excluding hydrogens is 496 g/mol. The maximum Gasteiger partial charge on any atom is 0.254 e. The van der Waals surface area contributed by atoms with Gasteiger partial charge in [-0.3, -0.25) is 14.4 Å². The van der Waals surface area contributed by atoms with Crippen LogP contribution < -0.4 is 10.1 Å². The first-order valence-corrected chi connectivity index (χ1v) is 14.2. The van der Waals surface area contributed by atoms with Gasteiger partial charge in [0, 0.05) is 85.7 Å². The van der Waals surface area contributed by atoms with Gasteiger partial charge < -0.3 is 24.6 Å². The molecule has 0 radical (unpaired) electrons. The van der Waals surface area contributed by atoms with Crippen molar-refractivity contribution in [2.75, 3.05) is 51.3 Å². The second-order valence-electron chi connectivity index (χ2n) is 11.8. The van der Waals surface area contributed by atoms with Crippen molar-refractivity contribution in [1.29, 1.82) is 0 Å². The Hall–Kier alpha value is -3.46. The number of nitrogens with one attached hydrogen (secondary N) is 1. The second-order valence-corrected chi connectivity index (χ2v) is 11.8. The lowest BCUT2D eigenvalue weighted by Gasteiger charge is -2.23. The van der Waals surface area contributed by atoms with E-state index in [9.17, 15) is 14.4 Å². The molecule has 1 aromatic carbocycles. The van der Waals surface area contributed by atoms with Gasteiger partial charge in [0.25, 0.3) is 11.8 Å². The summed E-state index contributed by atoms with van der Waals surface area (Å²) >= 11 is 0. The first kappa shape index (κ1) is 24.6. The topological polar surface area (TPSA) is 101 Å². The largest absolute Gasteiger partial charge is 0.477 e. The number of nitrogens with zero attached hydrogens (tertiary/aromatic N) is 3. The maximum atomic E-state index is 13.6. The molecule has 0 unspecified atom stereocenters. The van der Waals surface area contributed by atoms with Gasteiger partial charge in [-0.05, 0) is 55.4 Å². The fourth-order valence-corrected chi connectivity index (χ4v) is 6.47. The van der Waals surface area contributed by atoms with Gasteiger partial charge >= 0.3 is 0 Å². The molecule has 5 heterocycles. The molecule has 1 aromatic heterocycles. The van der Waals surface area contributed by atoms with Crippen molar-refractivity contribution in [3.63, 3.8) is 0 Å². The van der Waals surface area contributed by atoms with E-state index in [4.69, 9.17) is 14.5 Å². The van der Waals surface area contributed by atoms with Crippen LogP contribution >= 0.6 is 0 Å². The number of amides is 3. The van der Waals surface area contributed by atoms with Crippen molar-refractivity contribution >= 4 is 23.4 Å². The molecule has 5 aliphatic rings. The molecule has 4 fully saturated rings. The fourth-order valence-electron chi connectivity index (χ4n) is 6.47. The van der Waals surface area contributed by atoms with E-state index >= 15 is 0 Å². The van der Waals surface area contributed by atoms with Crippen LogP contribution in [0.5, 0.6) is 5.88 Å². The zero-order chi connectivity index (χ0) is 26.5. The van der Waals surface area contributed by atoms with Crippen LogP contribution in [0.4, 0.5) is 5.69 Å². The molecule has 0 bridgehead atoms. The zero-order valence-electron chi connectivity index (χ0n) is 22.1. The van der Waals surface area contributed by atoms with Crippen molar-refractivity contribution in [1.82, 2.24) is 14.8 Å². The molecule has 9 heteroatoms. The van der Waals surface area contributed by atoms with E-state index in [0.29, 0.717) is 68.0 Å². The van der Waals surface area contributed by atoms with Gasteiger partial charge in [0.2, 0.25) is 11.8 Å². The molecule has 2 atom stereocenters. The molecule has 7 rings (SSSR count). The van der Waals surface area contributed by atoms with Gasteiger partial charge in [0.05, 0.1) is 13.0 Å². The smallest absolute Gasteiger partial charge is 0.254 e. The number of hydrogen-bond acceptors (Lipinski definition) is 6. The van der Waals surface area contributed by atoms with Gasteiger partial charge in [-0.2, -0.15) is 0 Å². The number of anilines is 1. The van der Waals surface area contributed by atoms with E-state index in [0.717, 1.165) is 55.8 Å². The minimum Gasteiger partial charge on any atom is -0.477 e. The van der Waals surface area contributed by atoms with E-state index in [1.54, 1.807) is 6.07 Å². The Labute approximate surface area is 227 Å². The van der Waals surface area contributed by atoms with Crippen molar-refractivity contribution < 1.29 is 23.9 Å². The average Bonchev–Trinajstić information content (AvgIpc) is 3.46. The van der Waals surface area contributed by atoms with Crippen LogP contribution in [-0.4, -0.2) is 78.5 Å². The summed E-state index contributed by atoms with van der Waals surface area (Å²) in [5, 5.41) is 2.83. The summed E-state index contributed by atoms with van der Waals surface area (Å²) in [4.78, 5) is 47.1. The second kappa shape index (κ2) is 9.93. The number of carbonyl (C=O) groups excluding carboxylic acids is 3. The Morgan fingerprint density at radius 2 is 1.62 bits per heavy atom. The quantitative estimate of drug-likeness (QED) is 0.616. The molecule has 2 aromatic rings. The van der Waals surface area contributed by atoms with Gasteiger partial charge in [-0.25, -0.2) is 4.98 Å². The Morgan fingerprint density at radius 1 is 0.923 bits per heavy atom. The van der Waals surface area contributed by atoms with Gasteiger partial charge in [-0.15, -0.1) is 0 Å². The van der Waals surface area contributed by atoms with Crippen LogP contribution in [0.25, 0.3) is 0 Å². The van der Waals surface area contributed by atoms with Gasteiger partial charge in [0.1, 0.15) is 0 Å². The maximum absolute atomic E-state index is 13.6.